The lowest BCUT2D eigenvalue weighted by atomic mass is 9.96. The first-order valence-electron chi connectivity index (χ1n) is 5.26. The monoisotopic (exact) mass is 182 g/mol. The van der Waals surface area contributed by atoms with Crippen molar-refractivity contribution in [1.29, 1.82) is 0 Å². The van der Waals surface area contributed by atoms with Crippen molar-refractivity contribution in [2.24, 2.45) is 11.7 Å². The Bertz CT molecular complexity index is 167. The summed E-state index contributed by atoms with van der Waals surface area (Å²) in [6.45, 7) is 11.7. The zero-order valence-corrected chi connectivity index (χ0v) is 8.92. The quantitative estimate of drug-likeness (QED) is 0.672. The molecule has 1 heterocycles. The lowest BCUT2D eigenvalue weighted by Crippen LogP contribution is -2.46. The molecular formula is C11H22N2. The minimum atomic E-state index is 0.369. The van der Waals surface area contributed by atoms with Gasteiger partial charge >= 0.3 is 0 Å². The third kappa shape index (κ3) is 3.49. The molecule has 0 saturated carbocycles. The van der Waals surface area contributed by atoms with Crippen LogP contribution in [0.25, 0.3) is 0 Å². The van der Waals surface area contributed by atoms with Crippen molar-refractivity contribution >= 4 is 0 Å². The highest BCUT2D eigenvalue weighted by atomic mass is 15.1. The van der Waals surface area contributed by atoms with E-state index in [0.29, 0.717) is 6.04 Å². The summed E-state index contributed by atoms with van der Waals surface area (Å²) in [5, 5.41) is 0. The molecule has 0 aromatic rings. The van der Waals surface area contributed by atoms with Crippen LogP contribution in [0.4, 0.5) is 0 Å². The van der Waals surface area contributed by atoms with Crippen molar-refractivity contribution < 1.29 is 0 Å². The molecule has 0 aliphatic carbocycles. The molecule has 2 atom stereocenters. The van der Waals surface area contributed by atoms with Crippen LogP contribution in [-0.4, -0.2) is 30.6 Å². The van der Waals surface area contributed by atoms with Crippen LogP contribution in [0, 0.1) is 5.92 Å². The molecule has 2 N–H and O–H groups in total. The highest BCUT2D eigenvalue weighted by Gasteiger charge is 2.21. The molecule has 1 aliphatic heterocycles. The van der Waals surface area contributed by atoms with Gasteiger partial charge < -0.3 is 5.73 Å². The van der Waals surface area contributed by atoms with E-state index in [1.165, 1.54) is 18.5 Å². The van der Waals surface area contributed by atoms with Crippen LogP contribution >= 0.6 is 0 Å². The van der Waals surface area contributed by atoms with Gasteiger partial charge in [-0.1, -0.05) is 26.0 Å². The Morgan fingerprint density at radius 3 is 2.77 bits per heavy atom. The molecule has 2 unspecified atom stereocenters. The zero-order valence-electron chi connectivity index (χ0n) is 8.92. The third-order valence-electron chi connectivity index (χ3n) is 2.71. The minimum absolute atomic E-state index is 0.369. The number of hydrogen-bond acceptors (Lipinski definition) is 2. The van der Waals surface area contributed by atoms with Crippen molar-refractivity contribution in [2.45, 2.75) is 32.7 Å². The summed E-state index contributed by atoms with van der Waals surface area (Å²) in [4.78, 5) is 2.44. The normalized spacial score (nSPS) is 30.4. The fraction of sp³-hybridized carbons (Fsp3) is 0.818. The van der Waals surface area contributed by atoms with Gasteiger partial charge in [-0.05, 0) is 18.8 Å². The van der Waals surface area contributed by atoms with Gasteiger partial charge in [-0.25, -0.2) is 0 Å². The Labute approximate surface area is 81.8 Å². The van der Waals surface area contributed by atoms with Crippen LogP contribution in [0.1, 0.15) is 26.7 Å². The van der Waals surface area contributed by atoms with E-state index in [4.69, 9.17) is 5.73 Å². The molecule has 1 rings (SSSR count). The fourth-order valence-electron chi connectivity index (χ4n) is 2.07. The van der Waals surface area contributed by atoms with Crippen LogP contribution < -0.4 is 5.73 Å². The zero-order chi connectivity index (χ0) is 9.84. The van der Waals surface area contributed by atoms with E-state index in [-0.39, 0.29) is 0 Å². The van der Waals surface area contributed by atoms with Crippen LogP contribution in [0.2, 0.25) is 0 Å². The molecule has 1 saturated heterocycles. The van der Waals surface area contributed by atoms with Crippen molar-refractivity contribution in [2.75, 3.05) is 19.6 Å². The van der Waals surface area contributed by atoms with E-state index >= 15 is 0 Å². The van der Waals surface area contributed by atoms with E-state index in [1.54, 1.807) is 0 Å². The molecule has 0 radical (unpaired) electrons. The Morgan fingerprint density at radius 1 is 1.54 bits per heavy atom. The smallest absolute Gasteiger partial charge is 0.0190 e. The maximum absolute atomic E-state index is 5.96. The molecular weight excluding hydrogens is 160 g/mol. The Balaban J connectivity index is 2.37. The Hall–Kier alpha value is -0.340. The predicted octanol–water partition coefficient (Wildman–Crippen LogP) is 1.62. The number of rotatable bonds is 3. The fourth-order valence-corrected chi connectivity index (χ4v) is 2.07. The maximum Gasteiger partial charge on any atom is 0.0190 e. The first kappa shape index (κ1) is 10.7. The van der Waals surface area contributed by atoms with Gasteiger partial charge in [0.25, 0.3) is 0 Å². The second kappa shape index (κ2) is 4.77. The summed E-state index contributed by atoms with van der Waals surface area (Å²) in [5.74, 6) is 0.744. The van der Waals surface area contributed by atoms with Crippen molar-refractivity contribution in [3.63, 3.8) is 0 Å². The second-order valence-corrected chi connectivity index (χ2v) is 4.40. The van der Waals surface area contributed by atoms with E-state index < -0.39 is 0 Å². The molecule has 1 fully saturated rings. The number of nitrogens with zero attached hydrogens (tertiary/aromatic N) is 1. The topological polar surface area (TPSA) is 29.3 Å². The van der Waals surface area contributed by atoms with E-state index in [1.807, 2.05) is 0 Å². The van der Waals surface area contributed by atoms with Crippen LogP contribution in [-0.2, 0) is 0 Å². The van der Waals surface area contributed by atoms with Gasteiger partial charge in [-0.3, -0.25) is 4.90 Å². The van der Waals surface area contributed by atoms with Gasteiger partial charge in [0.2, 0.25) is 0 Å². The lowest BCUT2D eigenvalue weighted by Gasteiger charge is -2.35. The summed E-state index contributed by atoms with van der Waals surface area (Å²) in [6, 6.07) is 0.369. The molecule has 76 valence electrons. The minimum Gasteiger partial charge on any atom is -0.327 e. The predicted molar refractivity (Wildman–Crippen MR) is 57.6 cm³/mol. The maximum atomic E-state index is 5.96. The van der Waals surface area contributed by atoms with Crippen molar-refractivity contribution in [3.05, 3.63) is 12.2 Å². The Kier molecular flexibility index (Phi) is 3.94. The molecule has 0 spiro atoms. The number of nitrogens with two attached hydrogens (primary N) is 1. The summed E-state index contributed by atoms with van der Waals surface area (Å²) in [7, 11) is 0. The van der Waals surface area contributed by atoms with Gasteiger partial charge in [-0.2, -0.15) is 0 Å². The SMILES string of the molecule is C=C(CC)CN1CC(C)CC(N)C1. The summed E-state index contributed by atoms with van der Waals surface area (Å²) < 4.78 is 0. The van der Waals surface area contributed by atoms with Gasteiger partial charge in [0.15, 0.2) is 0 Å². The summed E-state index contributed by atoms with van der Waals surface area (Å²) in [5.41, 5.74) is 7.28. The molecule has 0 aromatic heterocycles. The first-order valence-corrected chi connectivity index (χ1v) is 5.26. The molecule has 2 heteroatoms. The number of likely N-dealkylation sites (tertiary alicyclic amines) is 1. The molecule has 0 amide bonds. The van der Waals surface area contributed by atoms with Crippen molar-refractivity contribution in [3.8, 4) is 0 Å². The van der Waals surface area contributed by atoms with Gasteiger partial charge in [-0.15, -0.1) is 0 Å². The second-order valence-electron chi connectivity index (χ2n) is 4.40. The Morgan fingerprint density at radius 2 is 2.23 bits per heavy atom. The van der Waals surface area contributed by atoms with Gasteiger partial charge in [0.1, 0.15) is 0 Å². The van der Waals surface area contributed by atoms with Gasteiger partial charge in [0.05, 0.1) is 0 Å². The molecule has 2 nitrogen and oxygen atoms in total. The summed E-state index contributed by atoms with van der Waals surface area (Å²) in [6.07, 6.45) is 2.26. The highest BCUT2D eigenvalue weighted by molar-refractivity contribution is 4.97. The summed E-state index contributed by atoms with van der Waals surface area (Å²) >= 11 is 0. The number of hydrogen-bond donors (Lipinski definition) is 1. The first-order chi connectivity index (χ1) is 6.11. The number of piperidine rings is 1. The van der Waals surface area contributed by atoms with E-state index in [2.05, 4.69) is 25.3 Å². The average Bonchev–Trinajstić information content (AvgIpc) is 2.02. The van der Waals surface area contributed by atoms with E-state index in [9.17, 15) is 0 Å². The lowest BCUT2D eigenvalue weighted by molar-refractivity contribution is 0.177. The van der Waals surface area contributed by atoms with Crippen LogP contribution in [0.5, 0.6) is 0 Å². The van der Waals surface area contributed by atoms with Crippen molar-refractivity contribution in [1.82, 2.24) is 4.90 Å². The van der Waals surface area contributed by atoms with Crippen LogP contribution in [0.15, 0.2) is 12.2 Å². The molecule has 13 heavy (non-hydrogen) atoms. The largest absolute Gasteiger partial charge is 0.327 e. The van der Waals surface area contributed by atoms with E-state index in [0.717, 1.165) is 25.4 Å². The average molecular weight is 182 g/mol. The third-order valence-corrected chi connectivity index (χ3v) is 2.71. The van der Waals surface area contributed by atoms with Gasteiger partial charge in [0, 0.05) is 25.7 Å². The molecule has 1 aliphatic rings. The van der Waals surface area contributed by atoms with Crippen LogP contribution in [0.3, 0.4) is 0 Å². The molecule has 0 aromatic carbocycles. The standard InChI is InChI=1S/C11H22N2/c1-4-9(2)6-13-7-10(3)5-11(12)8-13/h10-11H,2,4-8,12H2,1,3H3. The molecule has 0 bridgehead atoms. The highest BCUT2D eigenvalue weighted by Crippen LogP contribution is 2.16.